The van der Waals surface area contributed by atoms with Crippen molar-refractivity contribution in [3.63, 3.8) is 0 Å². The molecule has 1 aliphatic carbocycles. The molecule has 0 radical (unpaired) electrons. The molecule has 1 saturated carbocycles. The second kappa shape index (κ2) is 4.09. The zero-order valence-corrected chi connectivity index (χ0v) is 8.96. The van der Waals surface area contributed by atoms with E-state index in [0.29, 0.717) is 0 Å². The first-order chi connectivity index (χ1) is 6.77. The van der Waals surface area contributed by atoms with Gasteiger partial charge in [-0.2, -0.15) is 0 Å². The number of hydrogen-bond donors (Lipinski definition) is 1. The summed E-state index contributed by atoms with van der Waals surface area (Å²) in [7, 11) is 0. The summed E-state index contributed by atoms with van der Waals surface area (Å²) < 4.78 is 0. The highest BCUT2D eigenvalue weighted by molar-refractivity contribution is 5.17. The number of aryl methyl sites for hydroxylation is 1. The lowest BCUT2D eigenvalue weighted by Gasteiger charge is -2.05. The summed E-state index contributed by atoms with van der Waals surface area (Å²) in [6, 6.07) is 4.10. The molecule has 0 aliphatic heterocycles. The average Bonchev–Trinajstić information content (AvgIpc) is 2.86. The second-order valence-corrected chi connectivity index (χ2v) is 4.37. The Bertz CT molecular complexity index is 309. The van der Waals surface area contributed by atoms with Crippen LogP contribution >= 0.6 is 0 Å². The molecular weight excluding hydrogens is 172 g/mol. The van der Waals surface area contributed by atoms with Gasteiger partial charge in [-0.15, -0.1) is 0 Å². The van der Waals surface area contributed by atoms with Gasteiger partial charge in [-0.1, -0.05) is 13.0 Å². The fourth-order valence-electron chi connectivity index (χ4n) is 1.76. The molecule has 0 saturated heterocycles. The molecule has 0 amide bonds. The minimum atomic E-state index is 0.913. The molecule has 1 N–H and O–H groups in total. The molecular formula is C12H18N2. The number of pyridine rings is 1. The van der Waals surface area contributed by atoms with E-state index >= 15 is 0 Å². The first-order valence-electron chi connectivity index (χ1n) is 5.38. The summed E-state index contributed by atoms with van der Waals surface area (Å²) >= 11 is 0. The molecule has 2 atom stereocenters. The third kappa shape index (κ3) is 2.32. The molecule has 2 unspecified atom stereocenters. The van der Waals surface area contributed by atoms with Crippen LogP contribution in [-0.2, 0) is 6.54 Å². The third-order valence-electron chi connectivity index (χ3n) is 3.09. The lowest BCUT2D eigenvalue weighted by atomic mass is 10.2. The Kier molecular flexibility index (Phi) is 2.82. The average molecular weight is 190 g/mol. The Morgan fingerprint density at radius 2 is 2.36 bits per heavy atom. The molecule has 2 rings (SSSR count). The van der Waals surface area contributed by atoms with Gasteiger partial charge in [0.1, 0.15) is 0 Å². The van der Waals surface area contributed by atoms with Crippen molar-refractivity contribution >= 4 is 0 Å². The lowest BCUT2D eigenvalue weighted by Crippen LogP contribution is -2.18. The minimum Gasteiger partial charge on any atom is -0.311 e. The summed E-state index contributed by atoms with van der Waals surface area (Å²) in [6.07, 6.45) is 3.26. The van der Waals surface area contributed by atoms with Crippen molar-refractivity contribution in [1.82, 2.24) is 10.3 Å². The molecule has 0 aromatic carbocycles. The number of nitrogens with zero attached hydrogens (tertiary/aromatic N) is 1. The minimum absolute atomic E-state index is 0.913. The van der Waals surface area contributed by atoms with Gasteiger partial charge in [0, 0.05) is 12.7 Å². The van der Waals surface area contributed by atoms with Crippen molar-refractivity contribution in [2.75, 3.05) is 6.54 Å². The van der Waals surface area contributed by atoms with Crippen molar-refractivity contribution < 1.29 is 0 Å². The van der Waals surface area contributed by atoms with Crippen LogP contribution in [0.3, 0.4) is 0 Å². The molecule has 14 heavy (non-hydrogen) atoms. The Hall–Kier alpha value is -0.890. The van der Waals surface area contributed by atoms with Gasteiger partial charge in [0.2, 0.25) is 0 Å². The second-order valence-electron chi connectivity index (χ2n) is 4.37. The molecule has 2 heteroatoms. The van der Waals surface area contributed by atoms with Crippen LogP contribution in [0.4, 0.5) is 0 Å². The molecule has 1 aromatic heterocycles. The van der Waals surface area contributed by atoms with Crippen molar-refractivity contribution in [1.29, 1.82) is 0 Å². The van der Waals surface area contributed by atoms with Gasteiger partial charge in [0.05, 0.1) is 5.69 Å². The van der Waals surface area contributed by atoms with Gasteiger partial charge in [-0.3, -0.25) is 4.98 Å². The van der Waals surface area contributed by atoms with E-state index in [-0.39, 0.29) is 0 Å². The van der Waals surface area contributed by atoms with Gasteiger partial charge in [-0.25, -0.2) is 0 Å². The largest absolute Gasteiger partial charge is 0.311 e. The van der Waals surface area contributed by atoms with Crippen LogP contribution in [-0.4, -0.2) is 11.5 Å². The SMILES string of the molecule is Cc1cccnc1CNCC1CC1C. The van der Waals surface area contributed by atoms with Gasteiger partial charge < -0.3 is 5.32 Å². The molecule has 1 fully saturated rings. The number of nitrogens with one attached hydrogen (secondary N) is 1. The Balaban J connectivity index is 1.77. The smallest absolute Gasteiger partial charge is 0.0570 e. The number of hydrogen-bond acceptors (Lipinski definition) is 2. The summed E-state index contributed by atoms with van der Waals surface area (Å²) in [6.45, 7) is 6.50. The molecule has 76 valence electrons. The summed E-state index contributed by atoms with van der Waals surface area (Å²) in [5.41, 5.74) is 2.46. The van der Waals surface area contributed by atoms with Gasteiger partial charge in [0.15, 0.2) is 0 Å². The molecule has 1 heterocycles. The molecule has 0 bridgehead atoms. The monoisotopic (exact) mass is 190 g/mol. The van der Waals surface area contributed by atoms with Crippen molar-refractivity contribution in [2.24, 2.45) is 11.8 Å². The first kappa shape index (κ1) is 9.66. The van der Waals surface area contributed by atoms with E-state index in [9.17, 15) is 0 Å². The highest BCUT2D eigenvalue weighted by Crippen LogP contribution is 2.36. The predicted molar refractivity (Wildman–Crippen MR) is 58.0 cm³/mol. The van der Waals surface area contributed by atoms with Gasteiger partial charge in [-0.05, 0) is 43.4 Å². The van der Waals surface area contributed by atoms with Crippen LogP contribution < -0.4 is 5.32 Å². The van der Waals surface area contributed by atoms with E-state index in [1.54, 1.807) is 0 Å². The summed E-state index contributed by atoms with van der Waals surface area (Å²) in [5, 5.41) is 3.47. The molecule has 0 spiro atoms. The van der Waals surface area contributed by atoms with Crippen LogP contribution in [0.5, 0.6) is 0 Å². The Labute approximate surface area is 85.7 Å². The summed E-state index contributed by atoms with van der Waals surface area (Å²) in [4.78, 5) is 4.35. The maximum Gasteiger partial charge on any atom is 0.0570 e. The topological polar surface area (TPSA) is 24.9 Å². The quantitative estimate of drug-likeness (QED) is 0.786. The highest BCUT2D eigenvalue weighted by Gasteiger charge is 2.31. The number of aromatic nitrogens is 1. The van der Waals surface area contributed by atoms with Crippen LogP contribution in [0, 0.1) is 18.8 Å². The maximum absolute atomic E-state index is 4.35. The summed E-state index contributed by atoms with van der Waals surface area (Å²) in [5.74, 6) is 1.85. The molecule has 1 aliphatic rings. The normalized spacial score (nSPS) is 25.0. The van der Waals surface area contributed by atoms with E-state index in [1.165, 1.54) is 17.7 Å². The third-order valence-corrected chi connectivity index (χ3v) is 3.09. The van der Waals surface area contributed by atoms with Crippen molar-refractivity contribution in [2.45, 2.75) is 26.8 Å². The van der Waals surface area contributed by atoms with E-state index in [2.05, 4.69) is 30.2 Å². The van der Waals surface area contributed by atoms with Crippen LogP contribution in [0.25, 0.3) is 0 Å². The molecule has 1 aromatic rings. The van der Waals surface area contributed by atoms with Gasteiger partial charge in [0.25, 0.3) is 0 Å². The fraction of sp³-hybridized carbons (Fsp3) is 0.583. The van der Waals surface area contributed by atoms with E-state index < -0.39 is 0 Å². The Morgan fingerprint density at radius 1 is 1.57 bits per heavy atom. The lowest BCUT2D eigenvalue weighted by molar-refractivity contribution is 0.604. The van der Waals surface area contributed by atoms with Crippen LogP contribution in [0.1, 0.15) is 24.6 Å². The van der Waals surface area contributed by atoms with E-state index in [4.69, 9.17) is 0 Å². The molecule has 2 nitrogen and oxygen atoms in total. The number of rotatable bonds is 4. The Morgan fingerprint density at radius 3 is 3.00 bits per heavy atom. The van der Waals surface area contributed by atoms with Gasteiger partial charge >= 0.3 is 0 Å². The van der Waals surface area contributed by atoms with Crippen LogP contribution in [0.2, 0.25) is 0 Å². The van der Waals surface area contributed by atoms with E-state index in [0.717, 1.165) is 24.9 Å². The zero-order chi connectivity index (χ0) is 9.97. The van der Waals surface area contributed by atoms with Crippen LogP contribution in [0.15, 0.2) is 18.3 Å². The first-order valence-corrected chi connectivity index (χ1v) is 5.38. The zero-order valence-electron chi connectivity index (χ0n) is 8.96. The standard InChI is InChI=1S/C12H18N2/c1-9-4-3-5-14-12(9)8-13-7-11-6-10(11)2/h3-5,10-11,13H,6-8H2,1-2H3. The maximum atomic E-state index is 4.35. The van der Waals surface area contributed by atoms with E-state index in [1.807, 2.05) is 12.3 Å². The fourth-order valence-corrected chi connectivity index (χ4v) is 1.76. The highest BCUT2D eigenvalue weighted by atomic mass is 14.9. The van der Waals surface area contributed by atoms with Crippen molar-refractivity contribution in [3.05, 3.63) is 29.6 Å². The predicted octanol–water partition coefficient (Wildman–Crippen LogP) is 2.14. The van der Waals surface area contributed by atoms with Crippen molar-refractivity contribution in [3.8, 4) is 0 Å².